The highest BCUT2D eigenvalue weighted by atomic mass is 16.5. The first-order valence-electron chi connectivity index (χ1n) is 6.37. The summed E-state index contributed by atoms with van der Waals surface area (Å²) in [5.74, 6) is 0.464. The van der Waals surface area contributed by atoms with E-state index in [1.807, 2.05) is 11.8 Å². The molecule has 0 aromatic rings. The number of methoxy groups -OCH3 is 1. The summed E-state index contributed by atoms with van der Waals surface area (Å²) in [4.78, 5) is 13.8. The van der Waals surface area contributed by atoms with E-state index in [4.69, 9.17) is 10.00 Å². The second-order valence-electron chi connectivity index (χ2n) is 4.96. The molecule has 0 aromatic heterocycles. The molecule has 0 spiro atoms. The van der Waals surface area contributed by atoms with Crippen LogP contribution in [0.5, 0.6) is 0 Å². The van der Waals surface area contributed by atoms with E-state index >= 15 is 0 Å². The summed E-state index contributed by atoms with van der Waals surface area (Å²) in [6.45, 7) is 8.43. The lowest BCUT2D eigenvalue weighted by atomic mass is 10.2. The Morgan fingerprint density at radius 1 is 1.44 bits per heavy atom. The van der Waals surface area contributed by atoms with Gasteiger partial charge in [-0.2, -0.15) is 5.26 Å². The molecular formula is C13H25N3O2. The number of nitrogens with zero attached hydrogens (tertiary/aromatic N) is 2. The monoisotopic (exact) mass is 255 g/mol. The Labute approximate surface area is 110 Å². The highest BCUT2D eigenvalue weighted by Crippen LogP contribution is 1.99. The van der Waals surface area contributed by atoms with Crippen molar-refractivity contribution in [3.63, 3.8) is 0 Å². The molecule has 5 nitrogen and oxygen atoms in total. The quantitative estimate of drug-likeness (QED) is 0.668. The van der Waals surface area contributed by atoms with Crippen LogP contribution in [-0.4, -0.2) is 50.2 Å². The lowest BCUT2D eigenvalue weighted by molar-refractivity contribution is -0.123. The van der Waals surface area contributed by atoms with Crippen LogP contribution in [0.4, 0.5) is 0 Å². The Hall–Kier alpha value is -1.12. The van der Waals surface area contributed by atoms with Gasteiger partial charge in [0.2, 0.25) is 5.91 Å². The largest absolute Gasteiger partial charge is 0.383 e. The number of carbonyl (C=O) groups excluding carboxylic acids is 1. The minimum Gasteiger partial charge on any atom is -0.383 e. The van der Waals surface area contributed by atoms with Crippen molar-refractivity contribution in [1.29, 1.82) is 5.26 Å². The van der Waals surface area contributed by atoms with Crippen LogP contribution in [0.2, 0.25) is 0 Å². The number of hydrogen-bond acceptors (Lipinski definition) is 4. The van der Waals surface area contributed by atoms with Crippen LogP contribution in [0.3, 0.4) is 0 Å². The van der Waals surface area contributed by atoms with Gasteiger partial charge in [0.05, 0.1) is 19.2 Å². The van der Waals surface area contributed by atoms with E-state index in [-0.39, 0.29) is 11.9 Å². The maximum atomic E-state index is 11.8. The fraction of sp³-hybridized carbons (Fsp3) is 0.846. The summed E-state index contributed by atoms with van der Waals surface area (Å²) in [5.41, 5.74) is 0. The van der Waals surface area contributed by atoms with Gasteiger partial charge in [0.25, 0.3) is 0 Å². The van der Waals surface area contributed by atoms with Crippen molar-refractivity contribution >= 4 is 5.91 Å². The van der Waals surface area contributed by atoms with Crippen molar-refractivity contribution in [3.8, 4) is 6.07 Å². The molecule has 1 atom stereocenters. The third-order valence-electron chi connectivity index (χ3n) is 2.35. The zero-order valence-electron chi connectivity index (χ0n) is 11.9. The van der Waals surface area contributed by atoms with E-state index in [1.165, 1.54) is 0 Å². The molecule has 0 rings (SSSR count). The third kappa shape index (κ3) is 8.97. The average molecular weight is 255 g/mol. The Morgan fingerprint density at radius 3 is 2.61 bits per heavy atom. The van der Waals surface area contributed by atoms with Crippen molar-refractivity contribution in [1.82, 2.24) is 10.2 Å². The van der Waals surface area contributed by atoms with Crippen LogP contribution in [0.15, 0.2) is 0 Å². The summed E-state index contributed by atoms with van der Waals surface area (Å²) in [6.07, 6.45) is 0.452. The van der Waals surface area contributed by atoms with Crippen molar-refractivity contribution in [2.75, 3.05) is 33.4 Å². The van der Waals surface area contributed by atoms with Crippen molar-refractivity contribution in [3.05, 3.63) is 0 Å². The van der Waals surface area contributed by atoms with E-state index in [2.05, 4.69) is 25.2 Å². The number of hydrogen-bond donors (Lipinski definition) is 1. The average Bonchev–Trinajstić information content (AvgIpc) is 2.25. The van der Waals surface area contributed by atoms with Gasteiger partial charge in [-0.25, -0.2) is 0 Å². The standard InChI is InChI=1S/C13H25N3O2/c1-11(2)8-16(7-5-6-14)9-13(17)15-12(3)10-18-4/h11-12H,5,7-10H2,1-4H3,(H,15,17). The van der Waals surface area contributed by atoms with Gasteiger partial charge in [-0.3, -0.25) is 9.69 Å². The molecule has 0 saturated carbocycles. The number of nitrogens with one attached hydrogen (secondary N) is 1. The molecule has 104 valence electrons. The van der Waals surface area contributed by atoms with Gasteiger partial charge in [0.1, 0.15) is 0 Å². The molecule has 0 aliphatic carbocycles. The Kier molecular flexibility index (Phi) is 9.25. The molecule has 0 aliphatic rings. The van der Waals surface area contributed by atoms with E-state index < -0.39 is 0 Å². The third-order valence-corrected chi connectivity index (χ3v) is 2.35. The van der Waals surface area contributed by atoms with E-state index in [0.717, 1.165) is 6.54 Å². The number of rotatable bonds is 9. The SMILES string of the molecule is COCC(C)NC(=O)CN(CCC#N)CC(C)C. The van der Waals surface area contributed by atoms with Crippen LogP contribution < -0.4 is 5.32 Å². The molecule has 1 N–H and O–H groups in total. The summed E-state index contributed by atoms with van der Waals surface area (Å²) < 4.78 is 4.97. The zero-order chi connectivity index (χ0) is 14.0. The van der Waals surface area contributed by atoms with Gasteiger partial charge in [-0.1, -0.05) is 13.8 Å². The van der Waals surface area contributed by atoms with Crippen LogP contribution in [0.25, 0.3) is 0 Å². The number of amides is 1. The lowest BCUT2D eigenvalue weighted by Gasteiger charge is -2.23. The fourth-order valence-corrected chi connectivity index (χ4v) is 1.77. The van der Waals surface area contributed by atoms with Crippen molar-refractivity contribution < 1.29 is 9.53 Å². The second kappa shape index (κ2) is 9.86. The van der Waals surface area contributed by atoms with Gasteiger partial charge in [-0.05, 0) is 12.8 Å². The van der Waals surface area contributed by atoms with Gasteiger partial charge >= 0.3 is 0 Å². The number of ether oxygens (including phenoxy) is 1. The summed E-state index contributed by atoms with van der Waals surface area (Å²) in [5, 5.41) is 11.5. The van der Waals surface area contributed by atoms with Gasteiger partial charge in [-0.15, -0.1) is 0 Å². The second-order valence-corrected chi connectivity index (χ2v) is 4.96. The Balaban J connectivity index is 4.13. The predicted molar refractivity (Wildman–Crippen MR) is 71.0 cm³/mol. The summed E-state index contributed by atoms with van der Waals surface area (Å²) >= 11 is 0. The molecule has 5 heteroatoms. The van der Waals surface area contributed by atoms with E-state index in [1.54, 1.807) is 7.11 Å². The molecule has 0 radical (unpaired) electrons. The highest BCUT2D eigenvalue weighted by molar-refractivity contribution is 5.78. The van der Waals surface area contributed by atoms with Crippen molar-refractivity contribution in [2.24, 2.45) is 5.92 Å². The summed E-state index contributed by atoms with van der Waals surface area (Å²) in [6, 6.07) is 2.13. The zero-order valence-corrected chi connectivity index (χ0v) is 11.9. The maximum Gasteiger partial charge on any atom is 0.234 e. The molecule has 1 unspecified atom stereocenters. The van der Waals surface area contributed by atoms with Crippen LogP contribution >= 0.6 is 0 Å². The maximum absolute atomic E-state index is 11.8. The molecule has 1 amide bonds. The molecule has 0 heterocycles. The van der Waals surface area contributed by atoms with Crippen LogP contribution in [0.1, 0.15) is 27.2 Å². The minimum absolute atomic E-state index is 0.0133. The minimum atomic E-state index is -0.0156. The normalized spacial score (nSPS) is 12.5. The van der Waals surface area contributed by atoms with Crippen LogP contribution in [-0.2, 0) is 9.53 Å². The molecular weight excluding hydrogens is 230 g/mol. The molecule has 0 aliphatic heterocycles. The number of carbonyl (C=O) groups is 1. The van der Waals surface area contributed by atoms with E-state index in [9.17, 15) is 4.79 Å². The van der Waals surface area contributed by atoms with Gasteiger partial charge in [0, 0.05) is 32.7 Å². The first-order chi connectivity index (χ1) is 8.49. The first-order valence-corrected chi connectivity index (χ1v) is 6.37. The lowest BCUT2D eigenvalue weighted by Crippen LogP contribution is -2.43. The first kappa shape index (κ1) is 16.9. The number of nitriles is 1. The van der Waals surface area contributed by atoms with Crippen molar-refractivity contribution in [2.45, 2.75) is 33.2 Å². The van der Waals surface area contributed by atoms with Crippen LogP contribution in [0, 0.1) is 17.2 Å². The smallest absolute Gasteiger partial charge is 0.234 e. The van der Waals surface area contributed by atoms with Gasteiger partial charge < -0.3 is 10.1 Å². The molecule has 18 heavy (non-hydrogen) atoms. The fourth-order valence-electron chi connectivity index (χ4n) is 1.77. The topological polar surface area (TPSA) is 65.4 Å². The van der Waals surface area contributed by atoms with Gasteiger partial charge in [0.15, 0.2) is 0 Å². The molecule has 0 aromatic carbocycles. The summed E-state index contributed by atoms with van der Waals surface area (Å²) in [7, 11) is 1.61. The molecule has 0 bridgehead atoms. The molecule has 0 saturated heterocycles. The predicted octanol–water partition coefficient (Wildman–Crippen LogP) is 1.01. The Morgan fingerprint density at radius 2 is 2.11 bits per heavy atom. The molecule has 0 fully saturated rings. The highest BCUT2D eigenvalue weighted by Gasteiger charge is 2.13. The van der Waals surface area contributed by atoms with E-state index in [0.29, 0.717) is 32.0 Å². The Bertz CT molecular complexity index is 274.